The van der Waals surface area contributed by atoms with Crippen molar-refractivity contribution in [3.05, 3.63) is 72.1 Å². The molecule has 1 aromatic carbocycles. The summed E-state index contributed by atoms with van der Waals surface area (Å²) in [7, 11) is 0. The summed E-state index contributed by atoms with van der Waals surface area (Å²) in [6, 6.07) is 16.3. The van der Waals surface area contributed by atoms with E-state index < -0.39 is 0 Å². The first kappa shape index (κ1) is 21.1. The van der Waals surface area contributed by atoms with Crippen LogP contribution in [0.15, 0.2) is 66.0 Å². The molecule has 0 aliphatic carbocycles. The number of rotatable bonds is 6. The zero-order chi connectivity index (χ0) is 22.6. The van der Waals surface area contributed by atoms with Gasteiger partial charge in [-0.05, 0) is 35.2 Å². The monoisotopic (exact) mass is 441 g/mol. The fourth-order valence-corrected chi connectivity index (χ4v) is 3.87. The third-order valence-corrected chi connectivity index (χ3v) is 5.69. The van der Waals surface area contributed by atoms with Crippen molar-refractivity contribution in [3.63, 3.8) is 0 Å². The maximum absolute atomic E-state index is 5.55. The van der Waals surface area contributed by atoms with Crippen molar-refractivity contribution >= 4 is 23.5 Å². The van der Waals surface area contributed by atoms with Crippen molar-refractivity contribution in [2.24, 2.45) is 5.10 Å². The highest BCUT2D eigenvalue weighted by Gasteiger charge is 2.18. The molecule has 168 valence electrons. The highest BCUT2D eigenvalue weighted by Crippen LogP contribution is 2.25. The van der Waals surface area contributed by atoms with Gasteiger partial charge in [0.25, 0.3) is 0 Å². The zero-order valence-corrected chi connectivity index (χ0v) is 18.8. The number of hydrogen-bond acceptors (Lipinski definition) is 7. The Morgan fingerprint density at radius 1 is 1.06 bits per heavy atom. The molecular weight excluding hydrogens is 414 g/mol. The van der Waals surface area contributed by atoms with Crippen LogP contribution in [-0.4, -0.2) is 52.1 Å². The average Bonchev–Trinajstić information content (AvgIpc) is 3.29. The Balaban J connectivity index is 1.47. The van der Waals surface area contributed by atoms with Crippen LogP contribution < -0.4 is 10.3 Å². The first-order valence-electron chi connectivity index (χ1n) is 11.2. The Morgan fingerprint density at radius 2 is 1.88 bits per heavy atom. The molecule has 0 amide bonds. The fraction of sp³-hybridized carbons (Fsp3) is 0.280. The lowest BCUT2D eigenvalue weighted by Gasteiger charge is -2.29. The number of hydrazone groups is 1. The van der Waals surface area contributed by atoms with E-state index in [2.05, 4.69) is 52.5 Å². The van der Waals surface area contributed by atoms with E-state index >= 15 is 0 Å². The molecule has 33 heavy (non-hydrogen) atoms. The molecule has 0 atom stereocenters. The van der Waals surface area contributed by atoms with Crippen LogP contribution in [0.25, 0.3) is 16.9 Å². The van der Waals surface area contributed by atoms with E-state index in [1.165, 1.54) is 5.56 Å². The van der Waals surface area contributed by atoms with Crippen LogP contribution in [0.1, 0.15) is 30.9 Å². The van der Waals surface area contributed by atoms with E-state index in [4.69, 9.17) is 14.8 Å². The van der Waals surface area contributed by atoms with Crippen LogP contribution in [0.5, 0.6) is 0 Å². The summed E-state index contributed by atoms with van der Waals surface area (Å²) < 4.78 is 7.44. The van der Waals surface area contributed by atoms with E-state index in [0.717, 1.165) is 41.4 Å². The summed E-state index contributed by atoms with van der Waals surface area (Å²) >= 11 is 0. The van der Waals surface area contributed by atoms with Gasteiger partial charge in [-0.15, -0.1) is 0 Å². The number of morpholine rings is 1. The van der Waals surface area contributed by atoms with Crippen molar-refractivity contribution in [1.82, 2.24) is 19.6 Å². The quantitative estimate of drug-likeness (QED) is 0.357. The minimum absolute atomic E-state index is 0.475. The van der Waals surface area contributed by atoms with Gasteiger partial charge >= 0.3 is 0 Å². The second kappa shape index (κ2) is 9.38. The number of aromatic nitrogens is 4. The predicted molar refractivity (Wildman–Crippen MR) is 131 cm³/mol. The SMILES string of the molecule is CC(C)c1cccc(/C=N/Nc2cc(N3CCOCC3)n3nc(-c4ccncc4)cc3n2)c1. The Morgan fingerprint density at radius 3 is 2.67 bits per heavy atom. The van der Waals surface area contributed by atoms with Crippen LogP contribution in [0.2, 0.25) is 0 Å². The smallest absolute Gasteiger partial charge is 0.160 e. The van der Waals surface area contributed by atoms with Gasteiger partial charge in [0.1, 0.15) is 5.82 Å². The standard InChI is InChI=1S/C25H27N7O/c1-18(2)21-5-3-4-19(14-21)17-27-29-23-16-25(31-10-12-33-13-11-31)32-24(28-23)15-22(30-32)20-6-8-26-9-7-20/h3-9,14-18H,10-13H2,1-2H3,(H,28,29)/b27-17+. The van der Waals surface area contributed by atoms with Gasteiger partial charge in [-0.2, -0.15) is 14.7 Å². The Labute approximate surface area is 192 Å². The molecule has 0 bridgehead atoms. The molecule has 4 heterocycles. The summed E-state index contributed by atoms with van der Waals surface area (Å²) in [6.07, 6.45) is 5.36. The van der Waals surface area contributed by atoms with Crippen molar-refractivity contribution in [1.29, 1.82) is 0 Å². The number of anilines is 2. The van der Waals surface area contributed by atoms with Crippen LogP contribution >= 0.6 is 0 Å². The molecular formula is C25H27N7O. The minimum Gasteiger partial charge on any atom is -0.378 e. The first-order chi connectivity index (χ1) is 16.2. The summed E-state index contributed by atoms with van der Waals surface area (Å²) in [4.78, 5) is 11.1. The van der Waals surface area contributed by atoms with Gasteiger partial charge in [-0.3, -0.25) is 10.4 Å². The molecule has 8 heteroatoms. The molecule has 0 unspecified atom stereocenters. The maximum Gasteiger partial charge on any atom is 0.160 e. The largest absolute Gasteiger partial charge is 0.378 e. The summed E-state index contributed by atoms with van der Waals surface area (Å²) in [5, 5.41) is 9.28. The van der Waals surface area contributed by atoms with Gasteiger partial charge in [0, 0.05) is 43.2 Å². The number of ether oxygens (including phenoxy) is 1. The second-order valence-electron chi connectivity index (χ2n) is 8.33. The molecule has 1 aliphatic rings. The van der Waals surface area contributed by atoms with Gasteiger partial charge in [0.05, 0.1) is 25.1 Å². The van der Waals surface area contributed by atoms with Crippen LogP contribution in [0, 0.1) is 0 Å². The molecule has 4 aromatic rings. The molecule has 8 nitrogen and oxygen atoms in total. The molecule has 1 fully saturated rings. The summed E-state index contributed by atoms with van der Waals surface area (Å²) in [5.41, 5.74) is 8.06. The fourth-order valence-electron chi connectivity index (χ4n) is 3.87. The van der Waals surface area contributed by atoms with E-state index in [-0.39, 0.29) is 0 Å². The van der Waals surface area contributed by atoms with Gasteiger partial charge in [-0.1, -0.05) is 32.0 Å². The van der Waals surface area contributed by atoms with E-state index in [0.29, 0.717) is 24.9 Å². The normalized spacial score (nSPS) is 14.5. The molecule has 3 aromatic heterocycles. The van der Waals surface area contributed by atoms with Gasteiger partial charge < -0.3 is 9.64 Å². The third-order valence-electron chi connectivity index (χ3n) is 5.69. The molecule has 0 spiro atoms. The Kier molecular flexibility index (Phi) is 5.99. The zero-order valence-electron chi connectivity index (χ0n) is 18.8. The second-order valence-corrected chi connectivity index (χ2v) is 8.33. The Hall–Kier alpha value is -3.78. The number of fused-ring (bicyclic) bond motifs is 1. The predicted octanol–water partition coefficient (Wildman–Crippen LogP) is 4.20. The van der Waals surface area contributed by atoms with Gasteiger partial charge in [-0.25, -0.2) is 4.98 Å². The molecule has 0 saturated carbocycles. The maximum atomic E-state index is 5.55. The van der Waals surface area contributed by atoms with Crippen LogP contribution in [0.4, 0.5) is 11.6 Å². The molecule has 0 radical (unpaired) electrons. The molecule has 5 rings (SSSR count). The molecule has 1 N–H and O–H groups in total. The summed E-state index contributed by atoms with van der Waals surface area (Å²) in [6.45, 7) is 7.35. The Bertz CT molecular complexity index is 1260. The van der Waals surface area contributed by atoms with Crippen LogP contribution in [-0.2, 0) is 4.74 Å². The number of hydrogen-bond donors (Lipinski definition) is 1. The number of nitrogens with zero attached hydrogens (tertiary/aromatic N) is 6. The molecule has 1 aliphatic heterocycles. The van der Waals surface area contributed by atoms with Gasteiger partial charge in [0.15, 0.2) is 11.5 Å². The number of benzene rings is 1. The highest BCUT2D eigenvalue weighted by molar-refractivity contribution is 5.80. The van der Waals surface area contributed by atoms with E-state index in [9.17, 15) is 0 Å². The lowest BCUT2D eigenvalue weighted by Crippen LogP contribution is -2.37. The number of pyridine rings is 1. The van der Waals surface area contributed by atoms with E-state index in [1.807, 2.05) is 41.1 Å². The van der Waals surface area contributed by atoms with Crippen molar-refractivity contribution in [3.8, 4) is 11.3 Å². The minimum atomic E-state index is 0.475. The third kappa shape index (κ3) is 4.70. The lowest BCUT2D eigenvalue weighted by molar-refractivity contribution is 0.122. The summed E-state index contributed by atoms with van der Waals surface area (Å²) in [5.74, 6) is 2.10. The van der Waals surface area contributed by atoms with Crippen molar-refractivity contribution in [2.75, 3.05) is 36.6 Å². The number of nitrogens with one attached hydrogen (secondary N) is 1. The van der Waals surface area contributed by atoms with Crippen molar-refractivity contribution in [2.45, 2.75) is 19.8 Å². The van der Waals surface area contributed by atoms with Crippen molar-refractivity contribution < 1.29 is 4.74 Å². The average molecular weight is 442 g/mol. The highest BCUT2D eigenvalue weighted by atomic mass is 16.5. The van der Waals surface area contributed by atoms with Crippen LogP contribution in [0.3, 0.4) is 0 Å². The topological polar surface area (TPSA) is 79.9 Å². The lowest BCUT2D eigenvalue weighted by atomic mass is 10.0. The van der Waals surface area contributed by atoms with Gasteiger partial charge in [0.2, 0.25) is 0 Å². The van der Waals surface area contributed by atoms with E-state index in [1.54, 1.807) is 12.4 Å². The molecule has 1 saturated heterocycles. The first-order valence-corrected chi connectivity index (χ1v) is 11.2.